The molecule has 17 heavy (non-hydrogen) atoms. The zero-order valence-electron chi connectivity index (χ0n) is 11.8. The van der Waals surface area contributed by atoms with Crippen LogP contribution in [0, 0.1) is 20.8 Å². The minimum absolute atomic E-state index is 1.29. The number of hydrogen-bond acceptors (Lipinski definition) is 0. The summed E-state index contributed by atoms with van der Waals surface area (Å²) in [6, 6.07) is 4.45. The summed E-state index contributed by atoms with van der Waals surface area (Å²) in [5.41, 5.74) is 5.26. The average Bonchev–Trinajstić information content (AvgIpc) is 2.66. The number of imidazole rings is 1. The molecule has 2 aromatic rings. The first kappa shape index (κ1) is 13.5. The van der Waals surface area contributed by atoms with Gasteiger partial charge in [-0.3, -0.25) is 0 Å². The number of aryl methyl sites for hydroxylation is 4. The number of rotatable bonds is 1. The summed E-state index contributed by atoms with van der Waals surface area (Å²) in [6.07, 6.45) is 6.23. The highest BCUT2D eigenvalue weighted by molar-refractivity contribution is 5.48. The number of nitrogens with zero attached hydrogens (tertiary/aromatic N) is 2. The van der Waals surface area contributed by atoms with Gasteiger partial charge in [-0.05, 0) is 31.9 Å². The molecular weight excluding hydrogens is 208 g/mol. The predicted octanol–water partition coefficient (Wildman–Crippen LogP) is 3.25. The van der Waals surface area contributed by atoms with E-state index in [4.69, 9.17) is 0 Å². The van der Waals surface area contributed by atoms with E-state index in [2.05, 4.69) is 60.8 Å². The molecule has 0 aliphatic heterocycles. The third kappa shape index (κ3) is 2.96. The van der Waals surface area contributed by atoms with Crippen LogP contribution >= 0.6 is 0 Å². The maximum absolute atomic E-state index is 2.22. The van der Waals surface area contributed by atoms with Gasteiger partial charge in [0, 0.05) is 0 Å². The average molecular weight is 231 g/mol. The SMILES string of the molecule is CC.Cc1cc(C)c(-n2cc[n+](C)c2)c(C)c1. The summed E-state index contributed by atoms with van der Waals surface area (Å²) in [7, 11) is 2.04. The zero-order valence-corrected chi connectivity index (χ0v) is 11.8. The standard InChI is InChI=1S/C13H17N2.C2H6/c1-10-7-11(2)13(12(3)8-10)15-6-5-14(4)9-15;1-2/h5-9H,1-4H3;1-2H3/q+1;. The second-order valence-electron chi connectivity index (χ2n) is 4.23. The van der Waals surface area contributed by atoms with E-state index in [1.165, 1.54) is 22.4 Å². The molecule has 0 aliphatic carbocycles. The van der Waals surface area contributed by atoms with Gasteiger partial charge in [-0.1, -0.05) is 31.5 Å². The Balaban J connectivity index is 0.000000686. The molecule has 2 rings (SSSR count). The van der Waals surface area contributed by atoms with Crippen LogP contribution in [-0.2, 0) is 7.05 Å². The molecule has 0 saturated carbocycles. The molecule has 1 heterocycles. The van der Waals surface area contributed by atoms with E-state index >= 15 is 0 Å². The largest absolute Gasteiger partial charge is 0.248 e. The van der Waals surface area contributed by atoms with Crippen LogP contribution in [0.2, 0.25) is 0 Å². The molecule has 2 nitrogen and oxygen atoms in total. The lowest BCUT2D eigenvalue weighted by atomic mass is 10.1. The van der Waals surface area contributed by atoms with E-state index in [0.29, 0.717) is 0 Å². The van der Waals surface area contributed by atoms with Gasteiger partial charge in [0.1, 0.15) is 18.1 Å². The van der Waals surface area contributed by atoms with Crippen LogP contribution in [-0.4, -0.2) is 4.57 Å². The van der Waals surface area contributed by atoms with Crippen LogP contribution in [0.25, 0.3) is 5.69 Å². The molecule has 0 aliphatic rings. The molecule has 2 heteroatoms. The summed E-state index contributed by atoms with van der Waals surface area (Å²) in [5, 5.41) is 0. The van der Waals surface area contributed by atoms with E-state index in [-0.39, 0.29) is 0 Å². The van der Waals surface area contributed by atoms with Gasteiger partial charge < -0.3 is 0 Å². The zero-order chi connectivity index (χ0) is 13.0. The van der Waals surface area contributed by atoms with Crippen LogP contribution in [0.5, 0.6) is 0 Å². The van der Waals surface area contributed by atoms with Gasteiger partial charge in [0.05, 0.1) is 7.05 Å². The fourth-order valence-electron chi connectivity index (χ4n) is 2.16. The fourth-order valence-corrected chi connectivity index (χ4v) is 2.16. The van der Waals surface area contributed by atoms with Gasteiger partial charge in [0.2, 0.25) is 6.33 Å². The topological polar surface area (TPSA) is 8.81 Å². The Hall–Kier alpha value is -1.57. The Morgan fingerprint density at radius 1 is 1.00 bits per heavy atom. The van der Waals surface area contributed by atoms with Gasteiger partial charge in [-0.2, -0.15) is 0 Å². The highest BCUT2D eigenvalue weighted by Crippen LogP contribution is 2.19. The van der Waals surface area contributed by atoms with Gasteiger partial charge in [0.25, 0.3) is 0 Å². The maximum atomic E-state index is 2.22. The summed E-state index contributed by atoms with van der Waals surface area (Å²) < 4.78 is 4.23. The lowest BCUT2D eigenvalue weighted by Gasteiger charge is -2.06. The summed E-state index contributed by atoms with van der Waals surface area (Å²) in [6.45, 7) is 10.5. The molecule has 0 spiro atoms. The Labute approximate surface area is 105 Å². The molecule has 0 bridgehead atoms. The van der Waals surface area contributed by atoms with Crippen molar-refractivity contribution in [2.24, 2.45) is 7.05 Å². The third-order valence-electron chi connectivity index (χ3n) is 2.66. The van der Waals surface area contributed by atoms with Crippen molar-refractivity contribution < 1.29 is 4.57 Å². The van der Waals surface area contributed by atoms with Crippen molar-refractivity contribution in [3.8, 4) is 5.69 Å². The van der Waals surface area contributed by atoms with E-state index < -0.39 is 0 Å². The summed E-state index contributed by atoms with van der Waals surface area (Å²) in [5.74, 6) is 0. The Kier molecular flexibility index (Phi) is 4.50. The lowest BCUT2D eigenvalue weighted by molar-refractivity contribution is -0.670. The van der Waals surface area contributed by atoms with Crippen molar-refractivity contribution in [3.63, 3.8) is 0 Å². The molecule has 1 aromatic carbocycles. The first-order valence-corrected chi connectivity index (χ1v) is 6.19. The van der Waals surface area contributed by atoms with Gasteiger partial charge >= 0.3 is 0 Å². The van der Waals surface area contributed by atoms with Crippen molar-refractivity contribution >= 4 is 0 Å². The smallest absolute Gasteiger partial charge is 0.239 e. The van der Waals surface area contributed by atoms with Crippen molar-refractivity contribution in [1.29, 1.82) is 0 Å². The van der Waals surface area contributed by atoms with Crippen molar-refractivity contribution in [1.82, 2.24) is 4.57 Å². The number of hydrogen-bond donors (Lipinski definition) is 0. The fraction of sp³-hybridized carbons (Fsp3) is 0.400. The van der Waals surface area contributed by atoms with Crippen LogP contribution in [0.1, 0.15) is 30.5 Å². The lowest BCUT2D eigenvalue weighted by Crippen LogP contribution is -2.23. The minimum Gasteiger partial charge on any atom is -0.239 e. The van der Waals surface area contributed by atoms with Crippen molar-refractivity contribution in [3.05, 3.63) is 47.5 Å². The van der Waals surface area contributed by atoms with Gasteiger partial charge in [-0.25, -0.2) is 9.13 Å². The van der Waals surface area contributed by atoms with Crippen LogP contribution in [0.3, 0.4) is 0 Å². The quantitative estimate of drug-likeness (QED) is 0.666. The van der Waals surface area contributed by atoms with E-state index in [0.717, 1.165) is 0 Å². The normalized spacial score (nSPS) is 9.76. The van der Waals surface area contributed by atoms with Crippen LogP contribution < -0.4 is 4.57 Å². The number of aromatic nitrogens is 2. The van der Waals surface area contributed by atoms with Gasteiger partial charge in [-0.15, -0.1) is 0 Å². The molecule has 0 unspecified atom stereocenters. The van der Waals surface area contributed by atoms with Crippen molar-refractivity contribution in [2.75, 3.05) is 0 Å². The third-order valence-corrected chi connectivity index (χ3v) is 2.66. The molecule has 0 amide bonds. The van der Waals surface area contributed by atoms with E-state index in [1.807, 2.05) is 20.9 Å². The molecule has 0 fully saturated rings. The highest BCUT2D eigenvalue weighted by atomic mass is 15.1. The molecule has 0 atom stereocenters. The minimum atomic E-state index is 1.29. The molecular formula is C15H23N2+. The van der Waals surface area contributed by atoms with Crippen molar-refractivity contribution in [2.45, 2.75) is 34.6 Å². The Morgan fingerprint density at radius 3 is 1.94 bits per heavy atom. The molecule has 0 radical (unpaired) electrons. The Morgan fingerprint density at radius 2 is 1.53 bits per heavy atom. The monoisotopic (exact) mass is 231 g/mol. The molecule has 92 valence electrons. The van der Waals surface area contributed by atoms with E-state index in [1.54, 1.807) is 0 Å². The van der Waals surface area contributed by atoms with Crippen LogP contribution in [0.4, 0.5) is 0 Å². The second kappa shape index (κ2) is 5.67. The predicted molar refractivity (Wildman–Crippen MR) is 72.5 cm³/mol. The molecule has 0 saturated heterocycles. The highest BCUT2D eigenvalue weighted by Gasteiger charge is 2.11. The summed E-state index contributed by atoms with van der Waals surface area (Å²) >= 11 is 0. The Bertz CT molecular complexity index is 472. The van der Waals surface area contributed by atoms with Crippen LogP contribution in [0.15, 0.2) is 30.9 Å². The maximum Gasteiger partial charge on any atom is 0.248 e. The molecule has 1 aromatic heterocycles. The number of benzene rings is 1. The first-order valence-electron chi connectivity index (χ1n) is 6.19. The van der Waals surface area contributed by atoms with Gasteiger partial charge in [0.15, 0.2) is 0 Å². The second-order valence-corrected chi connectivity index (χ2v) is 4.23. The molecule has 0 N–H and O–H groups in total. The summed E-state index contributed by atoms with van der Waals surface area (Å²) in [4.78, 5) is 0. The first-order chi connectivity index (χ1) is 8.08. The van der Waals surface area contributed by atoms with E-state index in [9.17, 15) is 0 Å².